The van der Waals surface area contributed by atoms with Gasteiger partial charge < -0.3 is 15.0 Å². The van der Waals surface area contributed by atoms with Gasteiger partial charge in [0, 0.05) is 34.0 Å². The first-order chi connectivity index (χ1) is 19.9. The average Bonchev–Trinajstić information content (AvgIpc) is 3.38. The maximum absolute atomic E-state index is 13.7. The van der Waals surface area contributed by atoms with Crippen molar-refractivity contribution < 1.29 is 19.1 Å². The Morgan fingerprint density at radius 2 is 1.78 bits per heavy atom. The van der Waals surface area contributed by atoms with Gasteiger partial charge in [-0.3, -0.25) is 9.59 Å². The zero-order valence-electron chi connectivity index (χ0n) is 22.5. The molecule has 1 aliphatic heterocycles. The Morgan fingerprint density at radius 1 is 1.07 bits per heavy atom. The number of ketones is 1. The van der Waals surface area contributed by atoms with Gasteiger partial charge in [0.25, 0.3) is 0 Å². The molecule has 0 bridgehead atoms. The third-order valence-corrected chi connectivity index (χ3v) is 7.63. The van der Waals surface area contributed by atoms with E-state index in [-0.39, 0.29) is 12.3 Å². The minimum Gasteiger partial charge on any atom is -0.461 e. The molecule has 1 amide bonds. The molecule has 2 heterocycles. The number of para-hydroxylation sites is 2. The van der Waals surface area contributed by atoms with Crippen LogP contribution in [0.3, 0.4) is 0 Å². The molecular weight excluding hydrogens is 538 g/mol. The predicted octanol–water partition coefficient (Wildman–Crippen LogP) is 4.82. The van der Waals surface area contributed by atoms with E-state index in [2.05, 4.69) is 10.4 Å². The molecule has 0 saturated heterocycles. The van der Waals surface area contributed by atoms with Crippen LogP contribution in [0, 0.1) is 17.2 Å². The molecule has 9 nitrogen and oxygen atoms in total. The number of rotatable bonds is 9. The zero-order valence-corrected chi connectivity index (χ0v) is 23.4. The number of ether oxygens (including phenoxy) is 1. The fraction of sp³-hybridized carbons (Fsp3) is 0.194. The maximum atomic E-state index is 13.7. The standard InChI is InChI=1S/C31H27N5O4S/c1-35(2)15-16-40-31(39)20-13-14-26-23(17-20)28-25(19-41-26)27(34-36(28)22-11-7-4-8-12-22)29(37)24(18-32)30(38)33-21-9-5-3-6-10-21/h3-14,17,24H,15-16,19H2,1-2H3,(H,33,38). The van der Waals surface area contributed by atoms with Crippen molar-refractivity contribution in [1.82, 2.24) is 14.7 Å². The number of benzene rings is 3. The van der Waals surface area contributed by atoms with Crippen LogP contribution in [0.2, 0.25) is 0 Å². The Hall–Kier alpha value is -4.72. The van der Waals surface area contributed by atoms with E-state index in [1.54, 1.807) is 47.1 Å². The summed E-state index contributed by atoms with van der Waals surface area (Å²) in [5.74, 6) is -3.05. The summed E-state index contributed by atoms with van der Waals surface area (Å²) in [6.45, 7) is 0.852. The summed E-state index contributed by atoms with van der Waals surface area (Å²) in [4.78, 5) is 42.4. The molecule has 1 unspecified atom stereocenters. The fourth-order valence-corrected chi connectivity index (χ4v) is 5.50. The largest absolute Gasteiger partial charge is 0.461 e. The first-order valence-electron chi connectivity index (χ1n) is 12.9. The number of Topliss-reactive ketones (excluding diaryl/α,β-unsaturated/α-hetero) is 1. The van der Waals surface area contributed by atoms with Gasteiger partial charge in [0.15, 0.2) is 5.92 Å². The summed E-state index contributed by atoms with van der Waals surface area (Å²) in [6.07, 6.45) is 0. The topological polar surface area (TPSA) is 117 Å². The highest BCUT2D eigenvalue weighted by Gasteiger charge is 2.36. The van der Waals surface area contributed by atoms with Gasteiger partial charge in [-0.1, -0.05) is 36.4 Å². The van der Waals surface area contributed by atoms with Crippen LogP contribution in [0.25, 0.3) is 16.9 Å². The van der Waals surface area contributed by atoms with Gasteiger partial charge in [0.2, 0.25) is 11.7 Å². The van der Waals surface area contributed by atoms with Gasteiger partial charge in [-0.05, 0) is 56.6 Å². The second-order valence-electron chi connectivity index (χ2n) is 9.64. The number of aromatic nitrogens is 2. The third-order valence-electron chi connectivity index (χ3n) is 6.53. The smallest absolute Gasteiger partial charge is 0.338 e. The lowest BCUT2D eigenvalue weighted by molar-refractivity contribution is -0.117. The van der Waals surface area contributed by atoms with Crippen LogP contribution in [0.15, 0.2) is 83.8 Å². The van der Waals surface area contributed by atoms with Crippen molar-refractivity contribution in [2.45, 2.75) is 10.6 Å². The van der Waals surface area contributed by atoms with E-state index in [4.69, 9.17) is 4.74 Å². The highest BCUT2D eigenvalue weighted by atomic mass is 32.2. The Balaban J connectivity index is 1.55. The summed E-state index contributed by atoms with van der Waals surface area (Å²) in [5, 5.41) is 17.2. The van der Waals surface area contributed by atoms with Gasteiger partial charge >= 0.3 is 5.97 Å². The van der Waals surface area contributed by atoms with Crippen molar-refractivity contribution >= 4 is 35.1 Å². The first kappa shape index (κ1) is 27.8. The molecule has 0 saturated carbocycles. The molecule has 1 N–H and O–H groups in total. The monoisotopic (exact) mass is 565 g/mol. The summed E-state index contributed by atoms with van der Waals surface area (Å²) in [5.41, 5.74) is 3.56. The zero-order chi connectivity index (χ0) is 28.9. The lowest BCUT2D eigenvalue weighted by Gasteiger charge is -2.19. The van der Waals surface area contributed by atoms with Gasteiger partial charge in [-0.25, -0.2) is 9.48 Å². The van der Waals surface area contributed by atoms with Crippen LogP contribution in [-0.4, -0.2) is 59.6 Å². The maximum Gasteiger partial charge on any atom is 0.338 e. The number of hydrogen-bond donors (Lipinski definition) is 1. The second kappa shape index (κ2) is 12.2. The molecule has 5 rings (SSSR count). The third kappa shape index (κ3) is 5.91. The minimum absolute atomic E-state index is 0.0516. The molecule has 3 aromatic carbocycles. The second-order valence-corrected chi connectivity index (χ2v) is 10.7. The fourth-order valence-electron chi connectivity index (χ4n) is 4.45. The number of nitrogens with zero attached hydrogens (tertiary/aromatic N) is 4. The van der Waals surface area contributed by atoms with Crippen LogP contribution in [0.1, 0.15) is 26.4 Å². The summed E-state index contributed by atoms with van der Waals surface area (Å²) in [6, 6.07) is 25.1. The number of likely N-dealkylation sites (N-methyl/N-ethyl adjacent to an activating group) is 1. The van der Waals surface area contributed by atoms with Crippen molar-refractivity contribution in [3.63, 3.8) is 0 Å². The Kier molecular flexibility index (Phi) is 8.29. The highest BCUT2D eigenvalue weighted by Crippen LogP contribution is 2.44. The molecule has 0 radical (unpaired) electrons. The van der Waals surface area contributed by atoms with E-state index in [0.29, 0.717) is 40.5 Å². The van der Waals surface area contributed by atoms with Gasteiger partial charge in [-0.15, -0.1) is 11.8 Å². The Labute approximate surface area is 241 Å². The normalized spacial score (nSPS) is 12.5. The number of anilines is 1. The van der Waals surface area contributed by atoms with E-state index in [1.165, 1.54) is 11.8 Å². The quantitative estimate of drug-likeness (QED) is 0.174. The van der Waals surface area contributed by atoms with Crippen LogP contribution in [-0.2, 0) is 15.3 Å². The number of hydrogen-bond acceptors (Lipinski definition) is 8. The number of nitriles is 1. The molecule has 0 spiro atoms. The molecule has 1 aliphatic rings. The summed E-state index contributed by atoms with van der Waals surface area (Å²) in [7, 11) is 3.80. The number of amides is 1. The molecule has 1 aromatic heterocycles. The number of carbonyl (C=O) groups excluding carboxylic acids is 3. The minimum atomic E-state index is -1.59. The summed E-state index contributed by atoms with van der Waals surface area (Å²) >= 11 is 1.50. The molecule has 10 heteroatoms. The predicted molar refractivity (Wildman–Crippen MR) is 156 cm³/mol. The SMILES string of the molecule is CN(C)CCOC(=O)c1ccc2c(c1)-c1c(c(C(=O)C(C#N)C(=O)Nc3ccccc3)nn1-c1ccccc1)CS2. The van der Waals surface area contributed by atoms with Crippen molar-refractivity contribution in [3.05, 3.63) is 95.7 Å². The molecule has 0 fully saturated rings. The lowest BCUT2D eigenvalue weighted by Crippen LogP contribution is -2.29. The van der Waals surface area contributed by atoms with E-state index in [1.807, 2.05) is 61.5 Å². The molecule has 0 aliphatic carbocycles. The highest BCUT2D eigenvalue weighted by molar-refractivity contribution is 7.98. The van der Waals surface area contributed by atoms with E-state index >= 15 is 0 Å². The lowest BCUT2D eigenvalue weighted by atomic mass is 9.96. The number of nitrogens with one attached hydrogen (secondary N) is 1. The van der Waals surface area contributed by atoms with Gasteiger partial charge in [-0.2, -0.15) is 10.4 Å². The Bertz CT molecular complexity index is 1640. The number of thioether (sulfide) groups is 1. The molecule has 4 aromatic rings. The Morgan fingerprint density at radius 3 is 2.46 bits per heavy atom. The van der Waals surface area contributed by atoms with Crippen molar-refractivity contribution in [2.75, 3.05) is 32.6 Å². The van der Waals surface area contributed by atoms with Crippen molar-refractivity contribution in [2.24, 2.45) is 5.92 Å². The molecule has 41 heavy (non-hydrogen) atoms. The van der Waals surface area contributed by atoms with Crippen molar-refractivity contribution in [1.29, 1.82) is 5.26 Å². The average molecular weight is 566 g/mol. The van der Waals surface area contributed by atoms with Crippen LogP contribution in [0.5, 0.6) is 0 Å². The first-order valence-corrected chi connectivity index (χ1v) is 13.9. The van der Waals surface area contributed by atoms with Crippen LogP contribution in [0.4, 0.5) is 5.69 Å². The van der Waals surface area contributed by atoms with E-state index < -0.39 is 23.6 Å². The van der Waals surface area contributed by atoms with Gasteiger partial charge in [0.1, 0.15) is 12.3 Å². The van der Waals surface area contributed by atoms with Gasteiger partial charge in [0.05, 0.1) is 23.0 Å². The number of esters is 1. The molecule has 1 atom stereocenters. The molecule has 206 valence electrons. The summed E-state index contributed by atoms with van der Waals surface area (Å²) < 4.78 is 7.10. The number of carbonyl (C=O) groups is 3. The van der Waals surface area contributed by atoms with Crippen LogP contribution >= 0.6 is 11.8 Å². The van der Waals surface area contributed by atoms with E-state index in [9.17, 15) is 19.6 Å². The van der Waals surface area contributed by atoms with E-state index in [0.717, 1.165) is 10.5 Å². The van der Waals surface area contributed by atoms with Crippen molar-refractivity contribution in [3.8, 4) is 23.0 Å². The van der Waals surface area contributed by atoms with Crippen LogP contribution < -0.4 is 5.32 Å². The number of fused-ring (bicyclic) bond motifs is 3. The molecular formula is C31H27N5O4S.